The topological polar surface area (TPSA) is 34.1 Å². The van der Waals surface area contributed by atoms with E-state index in [1.54, 1.807) is 7.11 Å². The summed E-state index contributed by atoms with van der Waals surface area (Å²) in [6, 6.07) is 17.0. The third kappa shape index (κ3) is 2.97. The molecule has 2 aromatic carbocycles. The van der Waals surface area contributed by atoms with Crippen LogP contribution in [-0.2, 0) is 0 Å². The van der Waals surface area contributed by atoms with E-state index in [1.165, 1.54) is 43.2 Å². The van der Waals surface area contributed by atoms with Crippen LogP contribution in [-0.4, -0.2) is 24.1 Å². The van der Waals surface area contributed by atoms with Crippen molar-refractivity contribution in [3.8, 4) is 11.5 Å². The molecule has 5 rings (SSSR count). The van der Waals surface area contributed by atoms with Crippen LogP contribution in [0.1, 0.15) is 55.7 Å². The highest BCUT2D eigenvalue weighted by Crippen LogP contribution is 2.46. The molecule has 2 aromatic rings. The molecule has 27 heavy (non-hydrogen) atoms. The van der Waals surface area contributed by atoms with Crippen molar-refractivity contribution >= 4 is 5.71 Å². The molecule has 0 aromatic heterocycles. The molecule has 0 spiro atoms. The molecule has 1 saturated carbocycles. The average molecular weight is 362 g/mol. The zero-order chi connectivity index (χ0) is 18.2. The Kier molecular flexibility index (Phi) is 4.27. The normalized spacial score (nSPS) is 24.6. The molecule has 0 N–H and O–H groups in total. The van der Waals surface area contributed by atoms with Gasteiger partial charge in [0.15, 0.2) is 6.23 Å². The molecular formula is C23H26N2O2. The number of fused-ring (bicyclic) bond motifs is 3. The van der Waals surface area contributed by atoms with E-state index in [4.69, 9.17) is 14.6 Å². The summed E-state index contributed by atoms with van der Waals surface area (Å²) in [6.45, 7) is 0. The maximum atomic E-state index is 6.50. The van der Waals surface area contributed by atoms with Gasteiger partial charge in [-0.3, -0.25) is 0 Å². The van der Waals surface area contributed by atoms with Gasteiger partial charge in [0.25, 0.3) is 0 Å². The molecule has 4 heteroatoms. The summed E-state index contributed by atoms with van der Waals surface area (Å²) in [4.78, 5) is 0. The SMILES string of the molecule is COc1ccc(C2=NN3[C@@H](C4CCCCC4)Oc4ccccc4[C@@H]3C2)cc1. The predicted octanol–water partition coefficient (Wildman–Crippen LogP) is 5.15. The first-order valence-corrected chi connectivity index (χ1v) is 10.1. The van der Waals surface area contributed by atoms with Crippen molar-refractivity contribution in [3.05, 3.63) is 59.7 Å². The number of hydrazone groups is 1. The summed E-state index contributed by atoms with van der Waals surface area (Å²) < 4.78 is 11.8. The number of ether oxygens (including phenoxy) is 2. The van der Waals surface area contributed by atoms with Crippen LogP contribution in [0.3, 0.4) is 0 Å². The van der Waals surface area contributed by atoms with E-state index in [-0.39, 0.29) is 12.3 Å². The lowest BCUT2D eigenvalue weighted by atomic mass is 9.86. The van der Waals surface area contributed by atoms with E-state index in [9.17, 15) is 0 Å². The fourth-order valence-electron chi connectivity index (χ4n) is 4.75. The van der Waals surface area contributed by atoms with Gasteiger partial charge >= 0.3 is 0 Å². The lowest BCUT2D eigenvalue weighted by molar-refractivity contribution is -0.0643. The fourth-order valence-corrected chi connectivity index (χ4v) is 4.75. The van der Waals surface area contributed by atoms with Gasteiger partial charge in [0, 0.05) is 17.9 Å². The van der Waals surface area contributed by atoms with Gasteiger partial charge in [0.05, 0.1) is 18.9 Å². The molecular weight excluding hydrogens is 336 g/mol. The first-order chi connectivity index (χ1) is 13.3. The summed E-state index contributed by atoms with van der Waals surface area (Å²) in [6.07, 6.45) is 7.42. The van der Waals surface area contributed by atoms with Crippen LogP contribution in [0, 0.1) is 5.92 Å². The number of hydrogen-bond acceptors (Lipinski definition) is 4. The Morgan fingerprint density at radius 3 is 2.56 bits per heavy atom. The minimum absolute atomic E-state index is 0.0564. The van der Waals surface area contributed by atoms with Gasteiger partial charge in [-0.05, 0) is 48.7 Å². The first-order valence-electron chi connectivity index (χ1n) is 10.1. The van der Waals surface area contributed by atoms with Crippen molar-refractivity contribution in [2.75, 3.05) is 7.11 Å². The summed E-state index contributed by atoms with van der Waals surface area (Å²) in [5.74, 6) is 2.48. The maximum absolute atomic E-state index is 6.50. The number of hydrogen-bond donors (Lipinski definition) is 0. The van der Waals surface area contributed by atoms with Crippen molar-refractivity contribution in [2.45, 2.75) is 50.8 Å². The van der Waals surface area contributed by atoms with E-state index in [0.717, 1.165) is 23.6 Å². The molecule has 2 atom stereocenters. The number of nitrogens with zero attached hydrogens (tertiary/aromatic N) is 2. The van der Waals surface area contributed by atoms with Crippen molar-refractivity contribution < 1.29 is 9.47 Å². The largest absolute Gasteiger partial charge is 0.497 e. The quantitative estimate of drug-likeness (QED) is 0.758. The van der Waals surface area contributed by atoms with Gasteiger partial charge in [0.1, 0.15) is 11.5 Å². The Bertz CT molecular complexity index is 840. The highest BCUT2D eigenvalue weighted by molar-refractivity contribution is 6.02. The van der Waals surface area contributed by atoms with Gasteiger partial charge in [-0.15, -0.1) is 0 Å². The van der Waals surface area contributed by atoms with Gasteiger partial charge in [0.2, 0.25) is 0 Å². The number of methoxy groups -OCH3 is 1. The zero-order valence-electron chi connectivity index (χ0n) is 15.8. The van der Waals surface area contributed by atoms with E-state index >= 15 is 0 Å². The first kappa shape index (κ1) is 16.7. The highest BCUT2D eigenvalue weighted by Gasteiger charge is 2.43. The second kappa shape index (κ2) is 6.91. The maximum Gasteiger partial charge on any atom is 0.190 e. The van der Waals surface area contributed by atoms with Crippen LogP contribution in [0.5, 0.6) is 11.5 Å². The number of para-hydroxylation sites is 1. The Morgan fingerprint density at radius 1 is 1.00 bits per heavy atom. The predicted molar refractivity (Wildman–Crippen MR) is 106 cm³/mol. The highest BCUT2D eigenvalue weighted by atomic mass is 16.5. The molecule has 0 amide bonds. The second-order valence-electron chi connectivity index (χ2n) is 7.82. The van der Waals surface area contributed by atoms with Gasteiger partial charge in [-0.2, -0.15) is 5.10 Å². The van der Waals surface area contributed by atoms with Crippen molar-refractivity contribution in [1.29, 1.82) is 0 Å². The molecule has 140 valence electrons. The third-order valence-corrected chi connectivity index (χ3v) is 6.21. The molecule has 1 aliphatic carbocycles. The Balaban J connectivity index is 1.50. The van der Waals surface area contributed by atoms with Gasteiger partial charge < -0.3 is 9.47 Å². The van der Waals surface area contributed by atoms with Crippen LogP contribution >= 0.6 is 0 Å². The van der Waals surface area contributed by atoms with Gasteiger partial charge in [-0.1, -0.05) is 37.5 Å². The molecule has 3 aliphatic rings. The van der Waals surface area contributed by atoms with Crippen molar-refractivity contribution in [3.63, 3.8) is 0 Å². The fraction of sp³-hybridized carbons (Fsp3) is 0.435. The smallest absolute Gasteiger partial charge is 0.190 e. The van der Waals surface area contributed by atoms with Crippen LogP contribution in [0.15, 0.2) is 53.6 Å². The monoisotopic (exact) mass is 362 g/mol. The minimum Gasteiger partial charge on any atom is -0.497 e. The van der Waals surface area contributed by atoms with E-state index < -0.39 is 0 Å². The zero-order valence-corrected chi connectivity index (χ0v) is 15.8. The Morgan fingerprint density at radius 2 is 1.78 bits per heavy atom. The summed E-state index contributed by atoms with van der Waals surface area (Å²) >= 11 is 0. The summed E-state index contributed by atoms with van der Waals surface area (Å²) in [7, 11) is 1.70. The second-order valence-corrected chi connectivity index (χ2v) is 7.82. The van der Waals surface area contributed by atoms with E-state index in [2.05, 4.69) is 41.4 Å². The Labute approximate surface area is 160 Å². The molecule has 2 aliphatic heterocycles. The standard InChI is InChI=1S/C23H26N2O2/c1-26-18-13-11-16(12-14-18)20-15-21-19-9-5-6-10-22(19)27-23(25(21)24-20)17-7-3-2-4-8-17/h5-6,9-14,17,21,23H,2-4,7-8,15H2,1H3/t21-,23+/m0/s1. The molecule has 0 bridgehead atoms. The summed E-state index contributed by atoms with van der Waals surface area (Å²) in [5.41, 5.74) is 3.57. The summed E-state index contributed by atoms with van der Waals surface area (Å²) in [5, 5.41) is 7.34. The number of benzene rings is 2. The van der Waals surface area contributed by atoms with E-state index in [1.807, 2.05) is 12.1 Å². The van der Waals surface area contributed by atoms with Gasteiger partial charge in [-0.25, -0.2) is 5.01 Å². The van der Waals surface area contributed by atoms with Crippen molar-refractivity contribution in [1.82, 2.24) is 5.01 Å². The van der Waals surface area contributed by atoms with Crippen molar-refractivity contribution in [2.24, 2.45) is 11.0 Å². The molecule has 2 heterocycles. The molecule has 1 fully saturated rings. The minimum atomic E-state index is 0.0564. The van der Waals surface area contributed by atoms with Crippen LogP contribution in [0.2, 0.25) is 0 Å². The van der Waals surface area contributed by atoms with Crippen LogP contribution < -0.4 is 9.47 Å². The van der Waals surface area contributed by atoms with Crippen LogP contribution in [0.4, 0.5) is 0 Å². The molecule has 0 unspecified atom stereocenters. The lowest BCUT2D eigenvalue weighted by Gasteiger charge is -2.42. The molecule has 4 nitrogen and oxygen atoms in total. The van der Waals surface area contributed by atoms with Crippen LogP contribution in [0.25, 0.3) is 0 Å². The Hall–Kier alpha value is -2.49. The molecule has 0 radical (unpaired) electrons. The lowest BCUT2D eigenvalue weighted by Crippen LogP contribution is -2.45. The average Bonchev–Trinajstić information content (AvgIpc) is 3.19. The number of rotatable bonds is 3. The molecule has 0 saturated heterocycles. The third-order valence-electron chi connectivity index (χ3n) is 6.21. The van der Waals surface area contributed by atoms with E-state index in [0.29, 0.717) is 5.92 Å².